The first-order chi connectivity index (χ1) is 14.5. The van der Waals surface area contributed by atoms with E-state index >= 15 is 0 Å². The first-order valence-electron chi connectivity index (χ1n) is 9.13. The van der Waals surface area contributed by atoms with E-state index in [0.29, 0.717) is 33.6 Å². The number of aromatic nitrogens is 3. The molecule has 3 aromatic rings. The van der Waals surface area contributed by atoms with E-state index in [9.17, 15) is 9.59 Å². The number of nitrogens with zero attached hydrogens (tertiary/aromatic N) is 3. The largest absolute Gasteiger partial charge is 0.497 e. The summed E-state index contributed by atoms with van der Waals surface area (Å²) in [5.41, 5.74) is 1.05. The van der Waals surface area contributed by atoms with Crippen LogP contribution < -0.4 is 14.8 Å². The summed E-state index contributed by atoms with van der Waals surface area (Å²) in [4.78, 5) is 24.8. The normalized spacial score (nSPS) is 10.5. The summed E-state index contributed by atoms with van der Waals surface area (Å²) in [5.74, 6) is 1.73. The molecule has 0 saturated heterocycles. The van der Waals surface area contributed by atoms with Gasteiger partial charge in [-0.2, -0.15) is 0 Å². The molecule has 1 heterocycles. The molecule has 0 aliphatic rings. The predicted molar refractivity (Wildman–Crippen MR) is 113 cm³/mol. The number of rotatable bonds is 9. The predicted octanol–water partition coefficient (Wildman–Crippen LogP) is 2.74. The number of hydrogen-bond acceptors (Lipinski definition) is 7. The lowest BCUT2D eigenvalue weighted by molar-refractivity contribution is 0.0945. The summed E-state index contributed by atoms with van der Waals surface area (Å²) in [6, 6.07) is 14.0. The van der Waals surface area contributed by atoms with Crippen molar-refractivity contribution in [1.82, 2.24) is 20.1 Å². The average Bonchev–Trinajstić information content (AvgIpc) is 3.15. The van der Waals surface area contributed by atoms with Gasteiger partial charge in [0.2, 0.25) is 0 Å². The van der Waals surface area contributed by atoms with Crippen molar-refractivity contribution in [3.63, 3.8) is 0 Å². The molecular formula is C21H22N4O4S. The van der Waals surface area contributed by atoms with Crippen molar-refractivity contribution in [2.75, 3.05) is 20.0 Å². The van der Waals surface area contributed by atoms with E-state index in [1.165, 1.54) is 18.9 Å². The summed E-state index contributed by atoms with van der Waals surface area (Å²) in [5, 5.41) is 11.6. The lowest BCUT2D eigenvalue weighted by Crippen LogP contribution is -2.25. The van der Waals surface area contributed by atoms with Gasteiger partial charge in [0, 0.05) is 12.6 Å². The van der Waals surface area contributed by atoms with Crippen LogP contribution >= 0.6 is 11.8 Å². The molecule has 0 bridgehead atoms. The monoisotopic (exact) mass is 426 g/mol. The van der Waals surface area contributed by atoms with E-state index in [2.05, 4.69) is 15.5 Å². The molecule has 1 N–H and O–H groups in total. The van der Waals surface area contributed by atoms with Gasteiger partial charge in [0.25, 0.3) is 5.91 Å². The summed E-state index contributed by atoms with van der Waals surface area (Å²) in [7, 11) is 4.90. The van der Waals surface area contributed by atoms with Crippen molar-refractivity contribution in [3.8, 4) is 11.5 Å². The average molecular weight is 426 g/mol. The second kappa shape index (κ2) is 9.93. The standard InChI is InChI=1S/C21H22N4O4S/c1-25-19(12-22-20(27)16-6-4-5-7-18(16)29-3)23-24-21(25)30-13-17(26)14-8-10-15(28-2)11-9-14/h4-11H,12-13H2,1-3H3,(H,22,27). The van der Waals surface area contributed by atoms with E-state index < -0.39 is 0 Å². The molecule has 1 amide bonds. The van der Waals surface area contributed by atoms with Crippen LogP contribution in [0.2, 0.25) is 0 Å². The number of ketones is 1. The molecule has 0 saturated carbocycles. The van der Waals surface area contributed by atoms with Gasteiger partial charge in [-0.25, -0.2) is 0 Å². The zero-order valence-corrected chi connectivity index (χ0v) is 17.7. The number of methoxy groups -OCH3 is 2. The number of para-hydroxylation sites is 1. The lowest BCUT2D eigenvalue weighted by atomic mass is 10.1. The van der Waals surface area contributed by atoms with Crippen LogP contribution in [0.1, 0.15) is 26.5 Å². The van der Waals surface area contributed by atoms with Crippen LogP contribution in [-0.2, 0) is 13.6 Å². The maximum absolute atomic E-state index is 12.4. The van der Waals surface area contributed by atoms with Crippen molar-refractivity contribution >= 4 is 23.5 Å². The zero-order valence-electron chi connectivity index (χ0n) is 16.9. The minimum atomic E-state index is -0.265. The van der Waals surface area contributed by atoms with Crippen molar-refractivity contribution in [3.05, 3.63) is 65.5 Å². The highest BCUT2D eigenvalue weighted by Gasteiger charge is 2.15. The molecule has 30 heavy (non-hydrogen) atoms. The highest BCUT2D eigenvalue weighted by atomic mass is 32.2. The summed E-state index contributed by atoms with van der Waals surface area (Å²) in [6.07, 6.45) is 0. The van der Waals surface area contributed by atoms with Gasteiger partial charge in [-0.3, -0.25) is 9.59 Å². The zero-order chi connectivity index (χ0) is 21.5. The minimum Gasteiger partial charge on any atom is -0.497 e. The second-order valence-electron chi connectivity index (χ2n) is 6.28. The minimum absolute atomic E-state index is 0.0170. The maximum atomic E-state index is 12.4. The van der Waals surface area contributed by atoms with Gasteiger partial charge in [-0.1, -0.05) is 23.9 Å². The summed E-state index contributed by atoms with van der Waals surface area (Å²) < 4.78 is 12.1. The van der Waals surface area contributed by atoms with Crippen LogP contribution in [0.25, 0.3) is 0 Å². The van der Waals surface area contributed by atoms with Crippen LogP contribution in [0.3, 0.4) is 0 Å². The Morgan fingerprint density at radius 3 is 2.47 bits per heavy atom. The van der Waals surface area contributed by atoms with Crippen LogP contribution in [0.4, 0.5) is 0 Å². The Morgan fingerprint density at radius 1 is 1.03 bits per heavy atom. The molecule has 1 aromatic heterocycles. The van der Waals surface area contributed by atoms with Gasteiger partial charge in [0.1, 0.15) is 11.5 Å². The van der Waals surface area contributed by atoms with E-state index in [4.69, 9.17) is 9.47 Å². The number of amides is 1. The molecule has 2 aromatic carbocycles. The summed E-state index contributed by atoms with van der Waals surface area (Å²) >= 11 is 1.29. The first-order valence-corrected chi connectivity index (χ1v) is 10.1. The van der Waals surface area contributed by atoms with Gasteiger partial charge in [0.15, 0.2) is 16.8 Å². The fourth-order valence-electron chi connectivity index (χ4n) is 2.70. The first kappa shape index (κ1) is 21.4. The molecule has 0 radical (unpaired) electrons. The number of benzene rings is 2. The van der Waals surface area contributed by atoms with E-state index in [1.54, 1.807) is 67.3 Å². The van der Waals surface area contributed by atoms with Gasteiger partial charge in [0.05, 0.1) is 32.1 Å². The van der Waals surface area contributed by atoms with Gasteiger partial charge in [-0.05, 0) is 36.4 Å². The number of carbonyl (C=O) groups excluding carboxylic acids is 2. The molecule has 8 nitrogen and oxygen atoms in total. The number of thioether (sulfide) groups is 1. The van der Waals surface area contributed by atoms with Crippen LogP contribution in [0, 0.1) is 0 Å². The number of hydrogen-bond donors (Lipinski definition) is 1. The molecule has 0 atom stereocenters. The molecule has 156 valence electrons. The van der Waals surface area contributed by atoms with E-state index in [1.807, 2.05) is 0 Å². The van der Waals surface area contributed by atoms with Crippen LogP contribution in [-0.4, -0.2) is 46.4 Å². The Hall–Kier alpha value is -3.33. The highest BCUT2D eigenvalue weighted by molar-refractivity contribution is 7.99. The summed E-state index contributed by atoms with van der Waals surface area (Å²) in [6.45, 7) is 0.202. The molecule has 9 heteroatoms. The van der Waals surface area contributed by atoms with Gasteiger partial charge < -0.3 is 19.4 Å². The van der Waals surface area contributed by atoms with E-state index in [0.717, 1.165) is 0 Å². The Balaban J connectivity index is 1.57. The lowest BCUT2D eigenvalue weighted by Gasteiger charge is -2.09. The van der Waals surface area contributed by atoms with Crippen molar-refractivity contribution < 1.29 is 19.1 Å². The molecule has 0 unspecified atom stereocenters. The molecule has 0 aliphatic carbocycles. The Bertz CT molecular complexity index is 1030. The number of carbonyl (C=O) groups is 2. The molecule has 0 aliphatic heterocycles. The van der Waals surface area contributed by atoms with Crippen molar-refractivity contribution in [2.24, 2.45) is 7.05 Å². The van der Waals surface area contributed by atoms with Crippen molar-refractivity contribution in [1.29, 1.82) is 0 Å². The van der Waals surface area contributed by atoms with Gasteiger partial charge >= 0.3 is 0 Å². The highest BCUT2D eigenvalue weighted by Crippen LogP contribution is 2.20. The fourth-order valence-corrected chi connectivity index (χ4v) is 3.53. The Morgan fingerprint density at radius 2 is 1.77 bits per heavy atom. The quantitative estimate of drug-likeness (QED) is 0.415. The third-order valence-electron chi connectivity index (χ3n) is 4.43. The van der Waals surface area contributed by atoms with Crippen molar-refractivity contribution in [2.45, 2.75) is 11.7 Å². The number of nitrogens with one attached hydrogen (secondary N) is 1. The fraction of sp³-hybridized carbons (Fsp3) is 0.238. The second-order valence-corrected chi connectivity index (χ2v) is 7.22. The third kappa shape index (κ3) is 4.98. The topological polar surface area (TPSA) is 95.3 Å². The SMILES string of the molecule is COc1ccc(C(=O)CSc2nnc(CNC(=O)c3ccccc3OC)n2C)cc1. The molecule has 3 rings (SSSR count). The Labute approximate surface area is 178 Å². The number of ether oxygens (including phenoxy) is 2. The molecule has 0 fully saturated rings. The smallest absolute Gasteiger partial charge is 0.255 e. The molecular weight excluding hydrogens is 404 g/mol. The Kier molecular flexibility index (Phi) is 7.08. The van der Waals surface area contributed by atoms with E-state index in [-0.39, 0.29) is 24.0 Å². The van der Waals surface area contributed by atoms with Crippen LogP contribution in [0.5, 0.6) is 11.5 Å². The maximum Gasteiger partial charge on any atom is 0.255 e. The molecule has 0 spiro atoms. The van der Waals surface area contributed by atoms with Crippen LogP contribution in [0.15, 0.2) is 53.7 Å². The third-order valence-corrected chi connectivity index (χ3v) is 5.45. The van der Waals surface area contributed by atoms with Gasteiger partial charge in [-0.15, -0.1) is 10.2 Å². The number of Topliss-reactive ketones (excluding diaryl/α,β-unsaturated/α-hetero) is 1.